The smallest absolute Gasteiger partial charge is 0.326 e. The second kappa shape index (κ2) is 9.14. The van der Waals surface area contributed by atoms with Gasteiger partial charge in [-0.05, 0) is 35.8 Å². The topological polar surface area (TPSA) is 92.1 Å². The van der Waals surface area contributed by atoms with Gasteiger partial charge in [0.1, 0.15) is 4.91 Å². The Morgan fingerprint density at radius 1 is 0.861 bits per heavy atom. The first-order valence-corrected chi connectivity index (χ1v) is 13.7. The van der Waals surface area contributed by atoms with Crippen molar-refractivity contribution in [2.75, 3.05) is 26.7 Å². The van der Waals surface area contributed by atoms with Gasteiger partial charge in [-0.3, -0.25) is 5.41 Å². The molecule has 0 atom stereocenters. The predicted molar refractivity (Wildman–Crippen MR) is 123 cm³/mol. The Morgan fingerprint density at radius 3 is 1.86 bits per heavy atom. The molecule has 1 heterocycles. The maximum Gasteiger partial charge on any atom is 0.502 e. The van der Waals surface area contributed by atoms with E-state index in [-0.39, 0.29) is 22.8 Å². The molecular weight excluding hydrogens is 534 g/mol. The summed E-state index contributed by atoms with van der Waals surface area (Å²) in [4.78, 5) is -4.38. The van der Waals surface area contributed by atoms with Gasteiger partial charge >= 0.3 is 11.0 Å². The number of halogens is 6. The fourth-order valence-electron chi connectivity index (χ4n) is 4.17. The standard InChI is InChI=1S/C15H7F6NO4S2.C7H16N/c16-14(17,18)27(23,24)11-6-9-8-4-2-1-3-7(8)5-10(9)12(22)13(11)28(25,26)15(19,20)21;1-3-8(2)6-4-5-7-8/h1-6,22H;3-7H2,1-2H3/q;+1. The Bertz CT molecular complexity index is 1400. The molecule has 1 saturated heterocycles. The van der Waals surface area contributed by atoms with Gasteiger partial charge in [-0.2, -0.15) is 26.3 Å². The van der Waals surface area contributed by atoms with Gasteiger partial charge in [-0.25, -0.2) is 16.8 Å². The summed E-state index contributed by atoms with van der Waals surface area (Å²) < 4.78 is 127. The van der Waals surface area contributed by atoms with Gasteiger partial charge in [-0.15, -0.1) is 0 Å². The quantitative estimate of drug-likeness (QED) is 0.426. The largest absolute Gasteiger partial charge is 0.502 e. The van der Waals surface area contributed by atoms with Crippen molar-refractivity contribution in [2.45, 2.75) is 30.8 Å². The van der Waals surface area contributed by atoms with Crippen molar-refractivity contribution in [3.8, 4) is 0 Å². The molecule has 6 nitrogen and oxygen atoms in total. The Kier molecular flexibility index (Phi) is 7.14. The molecule has 0 unspecified atom stereocenters. The molecule has 0 aromatic heterocycles. The molecular formula is C22H23F6N2O4S2+. The third-order valence-electron chi connectivity index (χ3n) is 6.41. The molecule has 14 heteroatoms. The van der Waals surface area contributed by atoms with Crippen LogP contribution in [-0.4, -0.2) is 64.7 Å². The number of fused-ring (bicyclic) bond motifs is 3. The van der Waals surface area contributed by atoms with Crippen LogP contribution in [0.25, 0.3) is 11.6 Å². The summed E-state index contributed by atoms with van der Waals surface area (Å²) in [6, 6.07) is 5.69. The summed E-state index contributed by atoms with van der Waals surface area (Å²) in [5.41, 5.74) is -13.9. The SMILES string of the molecule is CC[N+]1(C)CCCC1.N=C1C2=Cc3ccccc3C2=CC(S(=O)(=O)C(F)(F)F)=C1S(=O)(=O)C(F)(F)F. The first-order valence-electron chi connectivity index (χ1n) is 10.7. The lowest BCUT2D eigenvalue weighted by molar-refractivity contribution is -0.895. The highest BCUT2D eigenvalue weighted by Crippen LogP contribution is 2.47. The van der Waals surface area contributed by atoms with E-state index in [2.05, 4.69) is 14.0 Å². The first-order chi connectivity index (χ1) is 16.4. The minimum absolute atomic E-state index is 0.153. The number of hydrogen-bond donors (Lipinski definition) is 1. The van der Waals surface area contributed by atoms with Crippen LogP contribution in [0.1, 0.15) is 30.9 Å². The normalized spacial score (nSPS) is 19.7. The molecule has 2 aliphatic carbocycles. The first kappa shape index (κ1) is 28.1. The monoisotopic (exact) mass is 557 g/mol. The van der Waals surface area contributed by atoms with E-state index < -0.39 is 51.8 Å². The van der Waals surface area contributed by atoms with E-state index in [9.17, 15) is 43.2 Å². The van der Waals surface area contributed by atoms with Crippen molar-refractivity contribution in [3.05, 3.63) is 56.9 Å². The van der Waals surface area contributed by atoms with E-state index in [1.165, 1.54) is 61.2 Å². The number of nitrogens with zero attached hydrogens (tertiary/aromatic N) is 1. The second-order valence-electron chi connectivity index (χ2n) is 8.76. The lowest BCUT2D eigenvalue weighted by atomic mass is 9.95. The Balaban J connectivity index is 0.000000383. The van der Waals surface area contributed by atoms with Crippen LogP contribution in [0.3, 0.4) is 0 Å². The van der Waals surface area contributed by atoms with E-state index in [4.69, 9.17) is 5.41 Å². The molecule has 1 N–H and O–H groups in total. The number of alkyl halides is 6. The van der Waals surface area contributed by atoms with Crippen molar-refractivity contribution in [1.82, 2.24) is 0 Å². The number of rotatable bonds is 3. The molecule has 0 saturated carbocycles. The fourth-order valence-corrected chi connectivity index (χ4v) is 6.63. The van der Waals surface area contributed by atoms with Crippen LogP contribution < -0.4 is 0 Å². The number of allylic oxidation sites excluding steroid dienone is 4. The van der Waals surface area contributed by atoms with Crippen molar-refractivity contribution in [1.29, 1.82) is 5.41 Å². The van der Waals surface area contributed by atoms with Crippen molar-refractivity contribution in [3.63, 3.8) is 0 Å². The molecule has 0 radical (unpaired) electrons. The summed E-state index contributed by atoms with van der Waals surface area (Å²) in [6.07, 6.45) is 4.22. The van der Waals surface area contributed by atoms with Crippen LogP contribution in [0.15, 0.2) is 45.7 Å². The number of hydrogen-bond acceptors (Lipinski definition) is 5. The molecule has 3 aliphatic rings. The summed E-state index contributed by atoms with van der Waals surface area (Å²) >= 11 is 0. The highest BCUT2D eigenvalue weighted by atomic mass is 32.2. The molecule has 1 aromatic carbocycles. The van der Waals surface area contributed by atoms with E-state index in [1.54, 1.807) is 0 Å². The number of sulfone groups is 2. The lowest BCUT2D eigenvalue weighted by Gasteiger charge is -2.26. The molecule has 36 heavy (non-hydrogen) atoms. The third kappa shape index (κ3) is 4.77. The predicted octanol–water partition coefficient (Wildman–Crippen LogP) is 4.83. The van der Waals surface area contributed by atoms with E-state index >= 15 is 0 Å². The van der Waals surface area contributed by atoms with Gasteiger partial charge in [-0.1, -0.05) is 24.3 Å². The van der Waals surface area contributed by atoms with E-state index in [1.807, 2.05) is 0 Å². The molecule has 0 amide bonds. The zero-order valence-corrected chi connectivity index (χ0v) is 20.8. The summed E-state index contributed by atoms with van der Waals surface area (Å²) in [6.45, 7) is 6.43. The average Bonchev–Trinajstić information content (AvgIpc) is 3.37. The maximum atomic E-state index is 13.0. The molecule has 1 aromatic rings. The van der Waals surface area contributed by atoms with Gasteiger partial charge in [0.25, 0.3) is 19.7 Å². The van der Waals surface area contributed by atoms with Crippen LogP contribution in [-0.2, 0) is 19.7 Å². The summed E-state index contributed by atoms with van der Waals surface area (Å²) in [5, 5.41) is 7.82. The highest BCUT2D eigenvalue weighted by Gasteiger charge is 2.57. The molecule has 4 rings (SSSR count). The maximum absolute atomic E-state index is 13.0. The summed E-state index contributed by atoms with van der Waals surface area (Å²) in [5.74, 6) is 0. The van der Waals surface area contributed by atoms with Gasteiger partial charge in [0.15, 0.2) is 0 Å². The molecule has 1 fully saturated rings. The minimum atomic E-state index is -6.58. The van der Waals surface area contributed by atoms with Gasteiger partial charge in [0.05, 0.1) is 37.3 Å². The minimum Gasteiger partial charge on any atom is -0.326 e. The van der Waals surface area contributed by atoms with Crippen LogP contribution >= 0.6 is 0 Å². The van der Waals surface area contributed by atoms with Gasteiger partial charge < -0.3 is 4.48 Å². The van der Waals surface area contributed by atoms with E-state index in [0.29, 0.717) is 0 Å². The average molecular weight is 558 g/mol. The zero-order chi connectivity index (χ0) is 27.3. The number of benzene rings is 1. The highest BCUT2D eigenvalue weighted by molar-refractivity contribution is 8.00. The Hall–Kier alpha value is -2.45. The van der Waals surface area contributed by atoms with E-state index in [0.717, 1.165) is 6.08 Å². The van der Waals surface area contributed by atoms with Crippen LogP contribution in [0.2, 0.25) is 0 Å². The molecule has 0 bridgehead atoms. The number of quaternary nitrogens is 1. The van der Waals surface area contributed by atoms with Gasteiger partial charge in [0.2, 0.25) is 0 Å². The zero-order valence-electron chi connectivity index (χ0n) is 19.2. The third-order valence-corrected chi connectivity index (χ3v) is 9.62. The van der Waals surface area contributed by atoms with Crippen molar-refractivity contribution in [2.24, 2.45) is 0 Å². The van der Waals surface area contributed by atoms with Crippen molar-refractivity contribution < 1.29 is 47.7 Å². The lowest BCUT2D eigenvalue weighted by Crippen LogP contribution is -2.40. The fraction of sp³-hybridized carbons (Fsp3) is 0.409. The molecule has 1 aliphatic heterocycles. The van der Waals surface area contributed by atoms with Crippen LogP contribution in [0, 0.1) is 5.41 Å². The van der Waals surface area contributed by atoms with Gasteiger partial charge in [0, 0.05) is 18.4 Å². The van der Waals surface area contributed by atoms with Crippen LogP contribution in [0.4, 0.5) is 26.3 Å². The number of nitrogens with one attached hydrogen (secondary N) is 1. The molecule has 198 valence electrons. The summed E-state index contributed by atoms with van der Waals surface area (Å²) in [7, 11) is -10.7. The van der Waals surface area contributed by atoms with Crippen molar-refractivity contribution >= 4 is 37.0 Å². The Morgan fingerprint density at radius 2 is 1.39 bits per heavy atom. The Labute approximate surface area is 204 Å². The molecule has 0 spiro atoms. The van der Waals surface area contributed by atoms with Crippen LogP contribution in [0.5, 0.6) is 0 Å². The second-order valence-corrected chi connectivity index (χ2v) is 12.5. The number of likely N-dealkylation sites (tertiary alicyclic amines) is 1.